The standard InChI is InChI=1S/C19H21N5O2S2/c1-3-12(4-2)17-23-24-19(28-17)21-15(25)10-14-11-27-18(20-14)22-16(26)13-8-6-5-7-9-13/h5-9,11-12H,3-4,10H2,1-2H3,(H,20,22,26)(H,21,24,25). The molecular formula is C19H21N5O2S2. The van der Waals surface area contributed by atoms with E-state index in [1.54, 1.807) is 29.6 Å². The van der Waals surface area contributed by atoms with Gasteiger partial charge in [0.2, 0.25) is 11.0 Å². The fourth-order valence-electron chi connectivity index (χ4n) is 2.62. The van der Waals surface area contributed by atoms with Crippen molar-refractivity contribution in [3.05, 3.63) is 52.0 Å². The van der Waals surface area contributed by atoms with Crippen molar-refractivity contribution < 1.29 is 9.59 Å². The summed E-state index contributed by atoms with van der Waals surface area (Å²) in [5.74, 6) is -0.0651. The number of carbonyl (C=O) groups is 2. The molecule has 0 bridgehead atoms. The van der Waals surface area contributed by atoms with Gasteiger partial charge in [0.25, 0.3) is 5.91 Å². The predicted molar refractivity (Wildman–Crippen MR) is 112 cm³/mol. The minimum absolute atomic E-state index is 0.109. The molecule has 2 aromatic heterocycles. The van der Waals surface area contributed by atoms with Gasteiger partial charge in [0.1, 0.15) is 5.01 Å². The summed E-state index contributed by atoms with van der Waals surface area (Å²) in [7, 11) is 0. The monoisotopic (exact) mass is 415 g/mol. The van der Waals surface area contributed by atoms with Crippen molar-refractivity contribution in [2.75, 3.05) is 10.6 Å². The first-order valence-corrected chi connectivity index (χ1v) is 10.7. The molecule has 0 saturated carbocycles. The van der Waals surface area contributed by atoms with E-state index in [0.717, 1.165) is 17.8 Å². The molecule has 3 aromatic rings. The van der Waals surface area contributed by atoms with Crippen LogP contribution in [0.3, 0.4) is 0 Å². The number of nitrogens with zero attached hydrogens (tertiary/aromatic N) is 3. The lowest BCUT2D eigenvalue weighted by molar-refractivity contribution is -0.115. The summed E-state index contributed by atoms with van der Waals surface area (Å²) in [6.07, 6.45) is 2.10. The maximum atomic E-state index is 12.3. The fraction of sp³-hybridized carbons (Fsp3) is 0.316. The van der Waals surface area contributed by atoms with E-state index in [0.29, 0.717) is 27.4 Å². The van der Waals surface area contributed by atoms with E-state index in [1.165, 1.54) is 22.7 Å². The molecule has 1 aromatic carbocycles. The maximum absolute atomic E-state index is 12.3. The van der Waals surface area contributed by atoms with Crippen LogP contribution in [0.2, 0.25) is 0 Å². The highest BCUT2D eigenvalue weighted by molar-refractivity contribution is 7.15. The third-order valence-electron chi connectivity index (χ3n) is 4.17. The molecule has 0 unspecified atom stereocenters. The Bertz CT molecular complexity index is 935. The first-order valence-electron chi connectivity index (χ1n) is 9.03. The Morgan fingerprint density at radius 2 is 1.79 bits per heavy atom. The summed E-state index contributed by atoms with van der Waals surface area (Å²) in [5.41, 5.74) is 1.15. The number of thiazole rings is 1. The van der Waals surface area contributed by atoms with Crippen LogP contribution in [-0.4, -0.2) is 27.0 Å². The first-order chi connectivity index (χ1) is 13.6. The van der Waals surface area contributed by atoms with Gasteiger partial charge in [-0.1, -0.05) is 43.4 Å². The van der Waals surface area contributed by atoms with Crippen LogP contribution in [0.4, 0.5) is 10.3 Å². The van der Waals surface area contributed by atoms with E-state index >= 15 is 0 Å². The van der Waals surface area contributed by atoms with Crippen LogP contribution >= 0.6 is 22.7 Å². The number of anilines is 2. The smallest absolute Gasteiger partial charge is 0.257 e. The molecule has 0 saturated heterocycles. The van der Waals surface area contributed by atoms with Gasteiger partial charge < -0.3 is 5.32 Å². The van der Waals surface area contributed by atoms with Gasteiger partial charge in [0, 0.05) is 16.9 Å². The number of amides is 2. The van der Waals surface area contributed by atoms with Gasteiger partial charge in [-0.3, -0.25) is 14.9 Å². The van der Waals surface area contributed by atoms with Crippen LogP contribution in [-0.2, 0) is 11.2 Å². The fourth-order valence-corrected chi connectivity index (χ4v) is 4.35. The Kier molecular flexibility index (Phi) is 6.83. The number of benzene rings is 1. The van der Waals surface area contributed by atoms with E-state index in [-0.39, 0.29) is 18.2 Å². The van der Waals surface area contributed by atoms with Crippen molar-refractivity contribution in [1.29, 1.82) is 0 Å². The zero-order valence-corrected chi connectivity index (χ0v) is 17.3. The Morgan fingerprint density at radius 1 is 1.04 bits per heavy atom. The van der Waals surface area contributed by atoms with Crippen LogP contribution in [0.15, 0.2) is 35.7 Å². The molecule has 0 aliphatic carbocycles. The molecule has 3 rings (SSSR count). The lowest BCUT2D eigenvalue weighted by atomic mass is 10.1. The summed E-state index contributed by atoms with van der Waals surface area (Å²) in [6, 6.07) is 8.91. The normalized spacial score (nSPS) is 10.8. The number of hydrogen-bond donors (Lipinski definition) is 2. The van der Waals surface area contributed by atoms with Crippen molar-refractivity contribution in [1.82, 2.24) is 15.2 Å². The maximum Gasteiger partial charge on any atom is 0.257 e. The summed E-state index contributed by atoms with van der Waals surface area (Å²) in [4.78, 5) is 28.7. The molecule has 0 aliphatic heterocycles. The van der Waals surface area contributed by atoms with Gasteiger partial charge in [-0.25, -0.2) is 4.98 Å². The third-order valence-corrected chi connectivity index (χ3v) is 5.98. The van der Waals surface area contributed by atoms with Crippen LogP contribution in [0.25, 0.3) is 0 Å². The van der Waals surface area contributed by atoms with Gasteiger partial charge in [-0.15, -0.1) is 21.5 Å². The molecule has 7 nitrogen and oxygen atoms in total. The molecule has 0 radical (unpaired) electrons. The van der Waals surface area contributed by atoms with Gasteiger partial charge in [-0.05, 0) is 25.0 Å². The Labute approximate surface area is 171 Å². The minimum atomic E-state index is -0.228. The van der Waals surface area contributed by atoms with Crippen molar-refractivity contribution in [2.45, 2.75) is 39.0 Å². The molecule has 28 heavy (non-hydrogen) atoms. The first kappa shape index (κ1) is 20.1. The number of carbonyl (C=O) groups excluding carboxylic acids is 2. The molecule has 2 N–H and O–H groups in total. The van der Waals surface area contributed by atoms with E-state index in [1.807, 2.05) is 6.07 Å². The second kappa shape index (κ2) is 9.52. The molecule has 2 heterocycles. The second-order valence-corrected chi connectivity index (χ2v) is 8.02. The van der Waals surface area contributed by atoms with Crippen molar-refractivity contribution in [2.24, 2.45) is 0 Å². The second-order valence-electron chi connectivity index (χ2n) is 6.15. The predicted octanol–water partition coefficient (Wildman–Crippen LogP) is 4.33. The van der Waals surface area contributed by atoms with Crippen LogP contribution in [0.5, 0.6) is 0 Å². The number of nitrogens with one attached hydrogen (secondary N) is 2. The van der Waals surface area contributed by atoms with Crippen LogP contribution < -0.4 is 10.6 Å². The van der Waals surface area contributed by atoms with Gasteiger partial charge in [0.15, 0.2) is 5.13 Å². The highest BCUT2D eigenvalue weighted by Gasteiger charge is 2.16. The quantitative estimate of drug-likeness (QED) is 0.571. The number of hydrogen-bond acceptors (Lipinski definition) is 7. The van der Waals surface area contributed by atoms with Gasteiger partial charge in [0.05, 0.1) is 12.1 Å². The Morgan fingerprint density at radius 3 is 2.50 bits per heavy atom. The van der Waals surface area contributed by atoms with Crippen molar-refractivity contribution in [3.63, 3.8) is 0 Å². The average molecular weight is 416 g/mol. The zero-order chi connectivity index (χ0) is 19.9. The molecule has 9 heteroatoms. The Hall–Kier alpha value is -2.65. The average Bonchev–Trinajstić information content (AvgIpc) is 3.33. The highest BCUT2D eigenvalue weighted by atomic mass is 32.1. The molecule has 2 amide bonds. The van der Waals surface area contributed by atoms with Crippen LogP contribution in [0, 0.1) is 0 Å². The minimum Gasteiger partial charge on any atom is -0.300 e. The lowest BCUT2D eigenvalue weighted by Crippen LogP contribution is -2.15. The SMILES string of the molecule is CCC(CC)c1nnc(NC(=O)Cc2csc(NC(=O)c3ccccc3)n2)s1. The molecule has 146 valence electrons. The van der Waals surface area contributed by atoms with E-state index in [4.69, 9.17) is 0 Å². The molecule has 0 aliphatic rings. The molecule has 0 atom stereocenters. The van der Waals surface area contributed by atoms with E-state index in [2.05, 4.69) is 39.7 Å². The van der Waals surface area contributed by atoms with Gasteiger partial charge in [-0.2, -0.15) is 0 Å². The summed E-state index contributed by atoms with van der Waals surface area (Å²) in [6.45, 7) is 4.23. The van der Waals surface area contributed by atoms with E-state index < -0.39 is 0 Å². The number of aromatic nitrogens is 3. The van der Waals surface area contributed by atoms with Gasteiger partial charge >= 0.3 is 0 Å². The van der Waals surface area contributed by atoms with E-state index in [9.17, 15) is 9.59 Å². The summed E-state index contributed by atoms with van der Waals surface area (Å²) < 4.78 is 0. The third kappa shape index (κ3) is 5.20. The molecular weight excluding hydrogens is 394 g/mol. The van der Waals surface area contributed by atoms with Crippen molar-refractivity contribution in [3.8, 4) is 0 Å². The highest BCUT2D eigenvalue weighted by Crippen LogP contribution is 2.28. The van der Waals surface area contributed by atoms with Crippen LogP contribution in [0.1, 0.15) is 53.7 Å². The Balaban J connectivity index is 1.55. The molecule has 0 spiro atoms. The number of rotatable bonds is 8. The lowest BCUT2D eigenvalue weighted by Gasteiger charge is -2.05. The molecule has 0 fully saturated rings. The zero-order valence-electron chi connectivity index (χ0n) is 15.6. The topological polar surface area (TPSA) is 96.9 Å². The van der Waals surface area contributed by atoms with Crippen molar-refractivity contribution >= 4 is 44.8 Å². The summed E-state index contributed by atoms with van der Waals surface area (Å²) >= 11 is 2.70. The summed E-state index contributed by atoms with van der Waals surface area (Å²) in [5, 5.41) is 17.4. The largest absolute Gasteiger partial charge is 0.300 e.